The molecule has 0 radical (unpaired) electrons. The third-order valence-corrected chi connectivity index (χ3v) is 6.07. The molecule has 1 aliphatic heterocycles. The molecule has 156 valence electrons. The van der Waals surface area contributed by atoms with Crippen molar-refractivity contribution in [3.05, 3.63) is 92.6 Å². The number of benzene rings is 2. The van der Waals surface area contributed by atoms with Gasteiger partial charge in [-0.2, -0.15) is 0 Å². The average Bonchev–Trinajstić information content (AvgIpc) is 3.04. The Morgan fingerprint density at radius 3 is 2.55 bits per heavy atom. The highest BCUT2D eigenvalue weighted by atomic mass is 79.9. The molecule has 3 aromatic rings. The summed E-state index contributed by atoms with van der Waals surface area (Å²) in [5.41, 5.74) is 1.51. The molecule has 1 amide bonds. The lowest BCUT2D eigenvalue weighted by molar-refractivity contribution is -0.132. The van der Waals surface area contributed by atoms with Gasteiger partial charge in [-0.15, -0.1) is 0 Å². The lowest BCUT2D eigenvalue weighted by Gasteiger charge is -2.25. The second-order valence-electron chi connectivity index (χ2n) is 6.78. The van der Waals surface area contributed by atoms with Gasteiger partial charge in [0, 0.05) is 28.1 Å². The van der Waals surface area contributed by atoms with Crippen molar-refractivity contribution in [2.24, 2.45) is 0 Å². The molecule has 0 spiro atoms. The number of ketones is 1. The molecule has 1 N–H and O–H groups in total. The highest BCUT2D eigenvalue weighted by Crippen LogP contribution is 2.42. The van der Waals surface area contributed by atoms with E-state index in [2.05, 4.69) is 36.8 Å². The fourth-order valence-electron chi connectivity index (χ4n) is 3.55. The normalized spacial score (nSPS) is 17.8. The minimum Gasteiger partial charge on any atom is -0.507 e. The van der Waals surface area contributed by atoms with Crippen LogP contribution in [0.25, 0.3) is 5.76 Å². The van der Waals surface area contributed by atoms with Crippen LogP contribution >= 0.6 is 31.9 Å². The van der Waals surface area contributed by atoms with E-state index in [1.807, 2.05) is 6.07 Å². The van der Waals surface area contributed by atoms with Crippen LogP contribution in [0.1, 0.15) is 17.2 Å². The summed E-state index contributed by atoms with van der Waals surface area (Å²) < 4.78 is 6.60. The molecule has 1 aliphatic rings. The smallest absolute Gasteiger partial charge is 0.300 e. The van der Waals surface area contributed by atoms with Gasteiger partial charge < -0.3 is 9.84 Å². The number of aromatic nitrogens is 1. The van der Waals surface area contributed by atoms with Gasteiger partial charge in [0.05, 0.1) is 23.2 Å². The first-order chi connectivity index (χ1) is 14.9. The van der Waals surface area contributed by atoms with Gasteiger partial charge in [-0.3, -0.25) is 19.5 Å². The molecule has 1 unspecified atom stereocenters. The largest absolute Gasteiger partial charge is 0.507 e. The Labute approximate surface area is 195 Å². The van der Waals surface area contributed by atoms with Gasteiger partial charge in [0.25, 0.3) is 11.7 Å². The summed E-state index contributed by atoms with van der Waals surface area (Å²) in [5, 5.41) is 11.1. The van der Waals surface area contributed by atoms with Crippen molar-refractivity contribution in [2.75, 3.05) is 12.0 Å². The Morgan fingerprint density at radius 1 is 1.10 bits per heavy atom. The van der Waals surface area contributed by atoms with Crippen LogP contribution in [0.3, 0.4) is 0 Å². The zero-order valence-electron chi connectivity index (χ0n) is 16.3. The van der Waals surface area contributed by atoms with Crippen molar-refractivity contribution in [3.63, 3.8) is 0 Å². The second-order valence-corrected chi connectivity index (χ2v) is 8.55. The zero-order chi connectivity index (χ0) is 22.1. The number of hydrogen-bond acceptors (Lipinski definition) is 5. The van der Waals surface area contributed by atoms with E-state index in [-0.39, 0.29) is 11.3 Å². The van der Waals surface area contributed by atoms with E-state index in [0.29, 0.717) is 27.0 Å². The lowest BCUT2D eigenvalue weighted by atomic mass is 9.96. The van der Waals surface area contributed by atoms with E-state index in [1.54, 1.807) is 60.9 Å². The van der Waals surface area contributed by atoms with E-state index in [9.17, 15) is 14.7 Å². The molecule has 31 heavy (non-hydrogen) atoms. The summed E-state index contributed by atoms with van der Waals surface area (Å²) in [6.07, 6.45) is 3.19. The second kappa shape index (κ2) is 8.64. The number of ether oxygens (including phenoxy) is 1. The molecular weight excluding hydrogens is 528 g/mol. The zero-order valence-corrected chi connectivity index (χ0v) is 19.4. The number of nitrogens with zero attached hydrogens (tertiary/aromatic N) is 2. The molecule has 1 saturated heterocycles. The fraction of sp³-hybridized carbons (Fsp3) is 0.0870. The summed E-state index contributed by atoms with van der Waals surface area (Å²) in [6.45, 7) is 0. The number of carbonyl (C=O) groups excluding carboxylic acids is 2. The summed E-state index contributed by atoms with van der Waals surface area (Å²) >= 11 is 6.80. The molecule has 1 fully saturated rings. The fourth-order valence-corrected chi connectivity index (χ4v) is 4.47. The first-order valence-corrected chi connectivity index (χ1v) is 10.8. The maximum atomic E-state index is 13.1. The number of amides is 1. The highest BCUT2D eigenvalue weighted by molar-refractivity contribution is 9.10. The van der Waals surface area contributed by atoms with Crippen molar-refractivity contribution in [3.8, 4) is 5.75 Å². The number of anilines is 1. The molecule has 4 rings (SSSR count). The van der Waals surface area contributed by atoms with Gasteiger partial charge in [-0.1, -0.05) is 28.1 Å². The number of carbonyl (C=O) groups is 2. The molecule has 2 heterocycles. The summed E-state index contributed by atoms with van der Waals surface area (Å²) in [7, 11) is 1.53. The van der Waals surface area contributed by atoms with Gasteiger partial charge in [-0.25, -0.2) is 0 Å². The molecule has 2 aromatic carbocycles. The number of pyridine rings is 1. The van der Waals surface area contributed by atoms with Crippen molar-refractivity contribution >= 4 is 55.0 Å². The first kappa shape index (κ1) is 21.3. The van der Waals surface area contributed by atoms with Crippen molar-refractivity contribution in [1.82, 2.24) is 4.98 Å². The molecular formula is C23H16Br2N2O4. The number of methoxy groups -OCH3 is 1. The average molecular weight is 544 g/mol. The van der Waals surface area contributed by atoms with Gasteiger partial charge in [0.15, 0.2) is 0 Å². The lowest BCUT2D eigenvalue weighted by Crippen LogP contribution is -2.29. The van der Waals surface area contributed by atoms with Gasteiger partial charge in [0.2, 0.25) is 0 Å². The van der Waals surface area contributed by atoms with Crippen LogP contribution in [0.4, 0.5) is 5.69 Å². The minimum atomic E-state index is -0.830. The van der Waals surface area contributed by atoms with E-state index >= 15 is 0 Å². The first-order valence-electron chi connectivity index (χ1n) is 9.22. The van der Waals surface area contributed by atoms with Gasteiger partial charge in [0.1, 0.15) is 11.5 Å². The number of rotatable bonds is 4. The van der Waals surface area contributed by atoms with Crippen molar-refractivity contribution in [1.29, 1.82) is 0 Å². The predicted octanol–water partition coefficient (Wildman–Crippen LogP) is 5.24. The highest BCUT2D eigenvalue weighted by Gasteiger charge is 2.47. The van der Waals surface area contributed by atoms with E-state index in [0.717, 1.165) is 4.47 Å². The number of Topliss-reactive ketones (excluding diaryl/α,β-unsaturated/α-hetero) is 1. The number of aliphatic hydroxyl groups is 1. The third kappa shape index (κ3) is 3.88. The predicted molar refractivity (Wildman–Crippen MR) is 124 cm³/mol. The molecule has 1 atom stereocenters. The maximum absolute atomic E-state index is 13.1. The van der Waals surface area contributed by atoms with Crippen LogP contribution < -0.4 is 9.64 Å². The van der Waals surface area contributed by atoms with Crippen molar-refractivity contribution < 1.29 is 19.4 Å². The third-order valence-electron chi connectivity index (χ3n) is 4.96. The van der Waals surface area contributed by atoms with E-state index in [1.165, 1.54) is 12.0 Å². The Hall–Kier alpha value is -2.97. The SMILES string of the molecule is COc1ccc(/C(O)=C2\C(=O)C(=O)N(c3cccc(Br)c3)C2c2cccnc2)cc1Br. The summed E-state index contributed by atoms with van der Waals surface area (Å²) in [5.74, 6) is -1.18. The van der Waals surface area contributed by atoms with Crippen LogP contribution in [0.5, 0.6) is 5.75 Å². The van der Waals surface area contributed by atoms with Gasteiger partial charge in [-0.05, 0) is 64.0 Å². The monoisotopic (exact) mass is 542 g/mol. The van der Waals surface area contributed by atoms with Crippen LogP contribution in [0.2, 0.25) is 0 Å². The summed E-state index contributed by atoms with van der Waals surface area (Å²) in [6, 6.07) is 14.7. The Bertz CT molecular complexity index is 1210. The number of hydrogen-bond donors (Lipinski definition) is 1. The Balaban J connectivity index is 1.93. The summed E-state index contributed by atoms with van der Waals surface area (Å²) in [4.78, 5) is 31.7. The van der Waals surface area contributed by atoms with Crippen LogP contribution in [0, 0.1) is 0 Å². The molecule has 8 heteroatoms. The minimum absolute atomic E-state index is 0.00459. The van der Waals surface area contributed by atoms with Gasteiger partial charge >= 0.3 is 0 Å². The van der Waals surface area contributed by atoms with Crippen LogP contribution in [-0.2, 0) is 9.59 Å². The molecule has 0 aliphatic carbocycles. The Morgan fingerprint density at radius 2 is 1.90 bits per heavy atom. The maximum Gasteiger partial charge on any atom is 0.300 e. The Kier molecular flexibility index (Phi) is 5.93. The van der Waals surface area contributed by atoms with Crippen LogP contribution in [0.15, 0.2) is 81.5 Å². The molecule has 1 aromatic heterocycles. The molecule has 0 saturated carbocycles. The van der Waals surface area contributed by atoms with Crippen LogP contribution in [-0.4, -0.2) is 28.9 Å². The molecule has 0 bridgehead atoms. The van der Waals surface area contributed by atoms with E-state index < -0.39 is 17.7 Å². The molecule has 6 nitrogen and oxygen atoms in total. The topological polar surface area (TPSA) is 79.7 Å². The van der Waals surface area contributed by atoms with E-state index in [4.69, 9.17) is 4.74 Å². The number of halogens is 2. The van der Waals surface area contributed by atoms with Crippen molar-refractivity contribution in [2.45, 2.75) is 6.04 Å². The quantitative estimate of drug-likeness (QED) is 0.276. The standard InChI is InChI=1S/C23H16Br2N2O4/c1-31-18-8-7-13(10-17(18)25)21(28)19-20(14-4-3-9-26-12-14)27(23(30)22(19)29)16-6-2-5-15(24)11-16/h2-12,20,28H,1H3/b21-19+. The number of aliphatic hydroxyl groups excluding tert-OH is 1.